The molecule has 0 aliphatic heterocycles. The molecule has 124 valence electrons. The van der Waals surface area contributed by atoms with E-state index in [0.717, 1.165) is 16.9 Å². The number of nitrogens with one attached hydrogen (secondary N) is 1. The molecule has 1 aromatic carbocycles. The number of carbonyl (C=O) groups is 2. The number of benzene rings is 1. The summed E-state index contributed by atoms with van der Waals surface area (Å²) >= 11 is 1.07. The van der Waals surface area contributed by atoms with Gasteiger partial charge in [-0.2, -0.15) is 0 Å². The van der Waals surface area contributed by atoms with Gasteiger partial charge in [0, 0.05) is 5.56 Å². The average molecular weight is 356 g/mol. The molecule has 0 aliphatic rings. The summed E-state index contributed by atoms with van der Waals surface area (Å²) < 4.78 is 5.05. The molecule has 0 fully saturated rings. The largest absolute Gasteiger partial charge is 0.462 e. The number of rotatable bonds is 5. The van der Waals surface area contributed by atoms with Crippen molar-refractivity contribution in [2.45, 2.75) is 19.9 Å². The van der Waals surface area contributed by atoms with Gasteiger partial charge in [0.1, 0.15) is 4.88 Å². The number of esters is 1. The zero-order valence-corrected chi connectivity index (χ0v) is 14.4. The van der Waals surface area contributed by atoms with E-state index in [1.165, 1.54) is 0 Å². The fourth-order valence-electron chi connectivity index (χ4n) is 1.72. The molecule has 8 heteroatoms. The topological polar surface area (TPSA) is 94.3 Å². The number of halogens is 1. The summed E-state index contributed by atoms with van der Waals surface area (Å²) in [5, 5.41) is 2.93. The molecule has 0 bridgehead atoms. The average Bonchev–Trinajstić information content (AvgIpc) is 2.92. The molecule has 1 heterocycles. The van der Waals surface area contributed by atoms with E-state index in [4.69, 9.17) is 10.5 Å². The van der Waals surface area contributed by atoms with Crippen LogP contribution in [-0.2, 0) is 9.53 Å². The summed E-state index contributed by atoms with van der Waals surface area (Å²) in [4.78, 5) is 28.5. The van der Waals surface area contributed by atoms with Crippen LogP contribution >= 0.6 is 23.7 Å². The van der Waals surface area contributed by atoms with Crippen molar-refractivity contribution >= 4 is 40.8 Å². The van der Waals surface area contributed by atoms with Gasteiger partial charge >= 0.3 is 5.97 Å². The Labute approximate surface area is 144 Å². The van der Waals surface area contributed by atoms with E-state index in [-0.39, 0.29) is 24.9 Å². The molecule has 2 aromatic rings. The zero-order valence-electron chi connectivity index (χ0n) is 12.7. The van der Waals surface area contributed by atoms with Crippen molar-refractivity contribution in [2.75, 3.05) is 11.9 Å². The minimum atomic E-state index is -0.657. The smallest absolute Gasteiger partial charge is 0.350 e. The van der Waals surface area contributed by atoms with Crippen LogP contribution in [0.15, 0.2) is 30.3 Å². The molecule has 23 heavy (non-hydrogen) atoms. The van der Waals surface area contributed by atoms with E-state index in [2.05, 4.69) is 10.3 Å². The molecule has 0 spiro atoms. The van der Waals surface area contributed by atoms with Crippen molar-refractivity contribution in [2.24, 2.45) is 5.73 Å². The summed E-state index contributed by atoms with van der Waals surface area (Å²) in [5.41, 5.74) is 6.79. The highest BCUT2D eigenvalue weighted by molar-refractivity contribution is 7.18. The maximum Gasteiger partial charge on any atom is 0.350 e. The minimum absolute atomic E-state index is 0. The van der Waals surface area contributed by atoms with Gasteiger partial charge in [-0.25, -0.2) is 9.78 Å². The highest BCUT2D eigenvalue weighted by Gasteiger charge is 2.21. The first-order valence-electron chi connectivity index (χ1n) is 6.82. The summed E-state index contributed by atoms with van der Waals surface area (Å²) in [6.07, 6.45) is 0. The lowest BCUT2D eigenvalue weighted by molar-refractivity contribution is -0.117. The van der Waals surface area contributed by atoms with Crippen molar-refractivity contribution < 1.29 is 14.3 Å². The monoisotopic (exact) mass is 355 g/mol. The lowest BCUT2D eigenvalue weighted by Gasteiger charge is -2.03. The Balaban J connectivity index is 0.00000264. The number of nitrogens with zero attached hydrogens (tertiary/aromatic N) is 1. The molecular formula is C15H18ClN3O3S. The van der Waals surface area contributed by atoms with Crippen LogP contribution in [0.3, 0.4) is 0 Å². The molecule has 1 unspecified atom stereocenters. The molecule has 2 rings (SSSR count). The number of aromatic nitrogens is 1. The summed E-state index contributed by atoms with van der Waals surface area (Å²) in [5.74, 6) is -0.816. The van der Waals surface area contributed by atoms with Crippen LogP contribution in [0, 0.1) is 0 Å². The minimum Gasteiger partial charge on any atom is -0.462 e. The van der Waals surface area contributed by atoms with Crippen molar-refractivity contribution in [1.29, 1.82) is 0 Å². The van der Waals surface area contributed by atoms with Crippen LogP contribution in [0.4, 0.5) is 5.13 Å². The van der Waals surface area contributed by atoms with Crippen LogP contribution in [-0.4, -0.2) is 29.5 Å². The number of thiazole rings is 1. The molecular weight excluding hydrogens is 338 g/mol. The first-order chi connectivity index (χ1) is 10.5. The number of hydrogen-bond acceptors (Lipinski definition) is 6. The number of carbonyl (C=O) groups excluding carboxylic acids is 2. The van der Waals surface area contributed by atoms with Crippen molar-refractivity contribution in [3.63, 3.8) is 0 Å². The maximum atomic E-state index is 12.1. The van der Waals surface area contributed by atoms with Crippen molar-refractivity contribution in [3.8, 4) is 11.3 Å². The van der Waals surface area contributed by atoms with Crippen molar-refractivity contribution in [3.05, 3.63) is 35.2 Å². The van der Waals surface area contributed by atoms with Gasteiger partial charge in [-0.1, -0.05) is 41.7 Å². The van der Waals surface area contributed by atoms with E-state index in [1.807, 2.05) is 30.3 Å². The van der Waals surface area contributed by atoms with Gasteiger partial charge in [-0.05, 0) is 13.8 Å². The fraction of sp³-hybridized carbons (Fsp3) is 0.267. The lowest BCUT2D eigenvalue weighted by Crippen LogP contribution is -2.32. The first-order valence-corrected chi connectivity index (χ1v) is 7.64. The van der Waals surface area contributed by atoms with Gasteiger partial charge in [0.15, 0.2) is 5.13 Å². The Morgan fingerprint density at radius 1 is 1.35 bits per heavy atom. The van der Waals surface area contributed by atoms with Crippen LogP contribution in [0.1, 0.15) is 23.5 Å². The molecule has 6 nitrogen and oxygen atoms in total. The second kappa shape index (κ2) is 8.61. The lowest BCUT2D eigenvalue weighted by atomic mass is 10.1. The Morgan fingerprint density at radius 3 is 2.57 bits per heavy atom. The van der Waals surface area contributed by atoms with E-state index in [0.29, 0.717) is 15.7 Å². The van der Waals surface area contributed by atoms with Crippen LogP contribution in [0.2, 0.25) is 0 Å². The maximum absolute atomic E-state index is 12.1. The molecule has 3 N–H and O–H groups in total. The Bertz CT molecular complexity index is 674. The molecule has 1 aromatic heterocycles. The van der Waals surface area contributed by atoms with E-state index < -0.39 is 12.0 Å². The third-order valence-electron chi connectivity index (χ3n) is 2.78. The molecule has 1 atom stereocenters. The molecule has 0 aliphatic carbocycles. The number of ether oxygens (including phenoxy) is 1. The van der Waals surface area contributed by atoms with E-state index >= 15 is 0 Å². The molecule has 0 saturated heterocycles. The van der Waals surface area contributed by atoms with Crippen LogP contribution in [0.5, 0.6) is 0 Å². The van der Waals surface area contributed by atoms with E-state index in [1.54, 1.807) is 13.8 Å². The van der Waals surface area contributed by atoms with Gasteiger partial charge < -0.3 is 15.8 Å². The van der Waals surface area contributed by atoms with Gasteiger partial charge in [0.05, 0.1) is 18.3 Å². The Kier molecular flexibility index (Phi) is 7.15. The number of nitrogens with two attached hydrogens (primary N) is 1. The zero-order chi connectivity index (χ0) is 16.1. The second-order valence-electron chi connectivity index (χ2n) is 4.56. The number of hydrogen-bond donors (Lipinski definition) is 2. The van der Waals surface area contributed by atoms with Crippen LogP contribution in [0.25, 0.3) is 11.3 Å². The van der Waals surface area contributed by atoms with Crippen molar-refractivity contribution in [1.82, 2.24) is 4.98 Å². The third kappa shape index (κ3) is 4.75. The quantitative estimate of drug-likeness (QED) is 0.804. The van der Waals surface area contributed by atoms with Gasteiger partial charge in [0.25, 0.3) is 0 Å². The normalized spacial score (nSPS) is 11.3. The standard InChI is InChI=1S/C15H17N3O3S.ClH/c1-3-21-14(20)12-11(10-7-5-4-6-8-10)17-15(22-12)18-13(19)9(2)16;/h4-9H,3,16H2,1-2H3,(H,17,18,19);1H. The Hall–Kier alpha value is -1.96. The number of anilines is 1. The molecule has 0 saturated carbocycles. The second-order valence-corrected chi connectivity index (χ2v) is 5.56. The summed E-state index contributed by atoms with van der Waals surface area (Å²) in [6.45, 7) is 3.58. The SMILES string of the molecule is CCOC(=O)c1sc(NC(=O)C(C)N)nc1-c1ccccc1.Cl. The highest BCUT2D eigenvalue weighted by Crippen LogP contribution is 2.31. The first kappa shape index (κ1) is 19.1. The number of amides is 1. The Morgan fingerprint density at radius 2 is 2.00 bits per heavy atom. The van der Waals surface area contributed by atoms with E-state index in [9.17, 15) is 9.59 Å². The molecule has 1 amide bonds. The fourth-order valence-corrected chi connectivity index (χ4v) is 2.60. The molecule has 0 radical (unpaired) electrons. The predicted octanol–water partition coefficient (Wildman–Crippen LogP) is 2.69. The summed E-state index contributed by atoms with van der Waals surface area (Å²) in [7, 11) is 0. The summed E-state index contributed by atoms with van der Waals surface area (Å²) in [6, 6.07) is 8.60. The van der Waals surface area contributed by atoms with Gasteiger partial charge in [0.2, 0.25) is 5.91 Å². The predicted molar refractivity (Wildman–Crippen MR) is 93.0 cm³/mol. The van der Waals surface area contributed by atoms with Crippen LogP contribution < -0.4 is 11.1 Å². The van der Waals surface area contributed by atoms with Gasteiger partial charge in [-0.3, -0.25) is 4.79 Å². The van der Waals surface area contributed by atoms with Gasteiger partial charge in [-0.15, -0.1) is 12.4 Å². The third-order valence-corrected chi connectivity index (χ3v) is 3.73. The highest BCUT2D eigenvalue weighted by atomic mass is 35.5.